The molecule has 8 heteroatoms. The van der Waals surface area contributed by atoms with Gasteiger partial charge in [0, 0.05) is 37.3 Å². The number of unbranched alkanes of at least 4 members (excludes halogenated alkanes) is 1. The second kappa shape index (κ2) is 10.0. The van der Waals surface area contributed by atoms with E-state index in [1.54, 1.807) is 30.2 Å². The zero-order valence-electron chi connectivity index (χ0n) is 18.3. The van der Waals surface area contributed by atoms with Crippen molar-refractivity contribution in [3.05, 3.63) is 30.3 Å². The molecule has 2 amide bonds. The first-order chi connectivity index (χ1) is 15.0. The molecule has 2 saturated heterocycles. The maximum Gasteiger partial charge on any atom is 0.287 e. The van der Waals surface area contributed by atoms with Crippen LogP contribution in [0.25, 0.3) is 11.0 Å². The molecule has 7 nitrogen and oxygen atoms in total. The van der Waals surface area contributed by atoms with Crippen molar-refractivity contribution in [3.63, 3.8) is 0 Å². The van der Waals surface area contributed by atoms with E-state index in [0.29, 0.717) is 35.1 Å². The van der Waals surface area contributed by atoms with Crippen LogP contribution in [0.3, 0.4) is 0 Å². The highest BCUT2D eigenvalue weighted by Gasteiger charge is 2.37. The first-order valence-corrected chi connectivity index (χ1v) is 12.3. The minimum atomic E-state index is -0.175. The number of pyridine rings is 1. The number of likely N-dealkylation sites (tertiary alicyclic amines) is 1. The Morgan fingerprint density at radius 3 is 2.81 bits per heavy atom. The van der Waals surface area contributed by atoms with Gasteiger partial charge in [0.2, 0.25) is 5.91 Å². The predicted octanol–water partition coefficient (Wildman–Crippen LogP) is 3.41. The number of fused-ring (bicyclic) bond motifs is 1. The Kier molecular flexibility index (Phi) is 7.17. The largest absolute Gasteiger partial charge is 0.449 e. The fraction of sp³-hybridized carbons (Fsp3) is 0.609. The van der Waals surface area contributed by atoms with E-state index in [-0.39, 0.29) is 17.2 Å². The van der Waals surface area contributed by atoms with Gasteiger partial charge in [-0.2, -0.15) is 0 Å². The number of amides is 2. The van der Waals surface area contributed by atoms with E-state index in [4.69, 9.17) is 4.42 Å². The molecule has 4 heterocycles. The van der Waals surface area contributed by atoms with E-state index in [0.717, 1.165) is 50.6 Å². The molecule has 0 radical (unpaired) electrons. The molecular formula is C23H32N4O3S. The second-order valence-electron chi connectivity index (χ2n) is 8.70. The molecule has 3 atom stereocenters. The molecule has 2 fully saturated rings. The maximum absolute atomic E-state index is 12.8. The molecule has 2 aliphatic rings. The van der Waals surface area contributed by atoms with Crippen LogP contribution in [0.15, 0.2) is 28.9 Å². The van der Waals surface area contributed by atoms with E-state index >= 15 is 0 Å². The Morgan fingerprint density at radius 1 is 1.29 bits per heavy atom. The topological polar surface area (TPSA) is 87.5 Å². The van der Waals surface area contributed by atoms with Gasteiger partial charge in [-0.3, -0.25) is 14.6 Å². The molecular weight excluding hydrogens is 412 g/mol. The zero-order chi connectivity index (χ0) is 21.8. The molecule has 31 heavy (non-hydrogen) atoms. The van der Waals surface area contributed by atoms with Crippen LogP contribution in [-0.4, -0.2) is 58.0 Å². The van der Waals surface area contributed by atoms with Crippen LogP contribution >= 0.6 is 11.8 Å². The first-order valence-electron chi connectivity index (χ1n) is 11.3. The third-order valence-electron chi connectivity index (χ3n) is 6.34. The average molecular weight is 445 g/mol. The van der Waals surface area contributed by atoms with Gasteiger partial charge in [-0.05, 0) is 51.2 Å². The maximum atomic E-state index is 12.8. The van der Waals surface area contributed by atoms with Crippen LogP contribution in [0.4, 0.5) is 0 Å². The number of thioether (sulfide) groups is 1. The summed E-state index contributed by atoms with van der Waals surface area (Å²) in [6.07, 6.45) is 8.66. The van der Waals surface area contributed by atoms with Crippen molar-refractivity contribution < 1.29 is 14.0 Å². The lowest BCUT2D eigenvalue weighted by Crippen LogP contribution is -2.46. The highest BCUT2D eigenvalue weighted by Crippen LogP contribution is 2.30. The van der Waals surface area contributed by atoms with Gasteiger partial charge in [0.15, 0.2) is 11.3 Å². The number of nitrogens with zero attached hydrogens (tertiary/aromatic N) is 2. The number of hydrogen-bond donors (Lipinski definition) is 2. The SMILES string of the molecule is CC1NC(C)C(C(=O)N2CCC(CCCCNC(=O)c3cc4ccncc4o3)CC2)S1. The average Bonchev–Trinajstić information content (AvgIpc) is 3.36. The molecule has 0 bridgehead atoms. The van der Waals surface area contributed by atoms with Crippen molar-refractivity contribution >= 4 is 34.5 Å². The number of aromatic nitrogens is 1. The molecule has 0 aliphatic carbocycles. The van der Waals surface area contributed by atoms with E-state index in [2.05, 4.69) is 34.4 Å². The predicted molar refractivity (Wildman–Crippen MR) is 123 cm³/mol. The highest BCUT2D eigenvalue weighted by atomic mass is 32.2. The number of piperidine rings is 1. The number of hydrogen-bond acceptors (Lipinski definition) is 6. The van der Waals surface area contributed by atoms with Crippen LogP contribution in [-0.2, 0) is 4.79 Å². The normalized spacial score (nSPS) is 24.6. The smallest absolute Gasteiger partial charge is 0.287 e. The van der Waals surface area contributed by atoms with Crippen molar-refractivity contribution in [1.82, 2.24) is 20.5 Å². The number of furan rings is 1. The molecule has 0 saturated carbocycles. The van der Waals surface area contributed by atoms with Crippen molar-refractivity contribution in [2.75, 3.05) is 19.6 Å². The summed E-state index contributed by atoms with van der Waals surface area (Å²) in [6.45, 7) is 6.62. The van der Waals surface area contributed by atoms with Crippen molar-refractivity contribution in [1.29, 1.82) is 0 Å². The second-order valence-corrected chi connectivity index (χ2v) is 10.2. The number of rotatable bonds is 7. The number of carbonyl (C=O) groups excluding carboxylic acids is 2. The van der Waals surface area contributed by atoms with E-state index in [9.17, 15) is 9.59 Å². The summed E-state index contributed by atoms with van der Waals surface area (Å²) in [5.41, 5.74) is 0.629. The fourth-order valence-electron chi connectivity index (χ4n) is 4.57. The summed E-state index contributed by atoms with van der Waals surface area (Å²) in [7, 11) is 0. The van der Waals surface area contributed by atoms with Crippen LogP contribution in [0.1, 0.15) is 56.5 Å². The molecule has 2 aromatic rings. The third kappa shape index (κ3) is 5.41. The van der Waals surface area contributed by atoms with E-state index in [1.807, 2.05) is 6.07 Å². The molecule has 2 N–H and O–H groups in total. The highest BCUT2D eigenvalue weighted by molar-refractivity contribution is 8.01. The fourth-order valence-corrected chi connectivity index (χ4v) is 5.88. The summed E-state index contributed by atoms with van der Waals surface area (Å²) < 4.78 is 5.55. The summed E-state index contributed by atoms with van der Waals surface area (Å²) in [6, 6.07) is 3.83. The molecule has 3 unspecified atom stereocenters. The standard InChI is InChI=1S/C23H32N4O3S/c1-15-21(31-16(2)26-15)23(29)27-11-7-17(8-12-27)5-3-4-9-25-22(28)19-13-18-6-10-24-14-20(18)30-19/h6,10,13-17,21,26H,3-5,7-9,11-12H2,1-2H3,(H,25,28). The zero-order valence-corrected chi connectivity index (χ0v) is 19.1. The van der Waals surface area contributed by atoms with Crippen molar-refractivity contribution in [3.8, 4) is 0 Å². The van der Waals surface area contributed by atoms with Gasteiger partial charge in [-0.1, -0.05) is 12.8 Å². The Hall–Kier alpha value is -2.06. The molecule has 4 rings (SSSR count). The van der Waals surface area contributed by atoms with Gasteiger partial charge in [0.05, 0.1) is 11.6 Å². The van der Waals surface area contributed by atoms with Crippen LogP contribution in [0, 0.1) is 5.92 Å². The lowest BCUT2D eigenvalue weighted by Gasteiger charge is -2.34. The van der Waals surface area contributed by atoms with Gasteiger partial charge >= 0.3 is 0 Å². The molecule has 2 aliphatic heterocycles. The molecule has 2 aromatic heterocycles. The Labute approximate surface area is 187 Å². The third-order valence-corrected chi connectivity index (χ3v) is 7.79. The molecule has 0 aromatic carbocycles. The lowest BCUT2D eigenvalue weighted by atomic mass is 9.91. The monoisotopic (exact) mass is 444 g/mol. The van der Waals surface area contributed by atoms with Gasteiger partial charge in [-0.15, -0.1) is 11.8 Å². The Bertz CT molecular complexity index is 876. The summed E-state index contributed by atoms with van der Waals surface area (Å²) in [5.74, 6) is 1.13. The van der Waals surface area contributed by atoms with E-state index in [1.165, 1.54) is 0 Å². The Morgan fingerprint density at radius 2 is 2.10 bits per heavy atom. The quantitative estimate of drug-likeness (QED) is 0.637. The lowest BCUT2D eigenvalue weighted by molar-refractivity contribution is -0.132. The summed E-state index contributed by atoms with van der Waals surface area (Å²) >= 11 is 1.75. The minimum Gasteiger partial charge on any atom is -0.449 e. The number of carbonyl (C=O) groups is 2. The van der Waals surface area contributed by atoms with Gasteiger partial charge < -0.3 is 20.0 Å². The molecule has 168 valence electrons. The summed E-state index contributed by atoms with van der Waals surface area (Å²) in [5, 5.41) is 7.67. The van der Waals surface area contributed by atoms with Crippen molar-refractivity contribution in [2.24, 2.45) is 5.92 Å². The minimum absolute atomic E-state index is 0.0539. The number of nitrogens with one attached hydrogen (secondary N) is 2. The van der Waals surface area contributed by atoms with Crippen LogP contribution in [0.5, 0.6) is 0 Å². The van der Waals surface area contributed by atoms with Crippen LogP contribution < -0.4 is 10.6 Å². The first kappa shape index (κ1) is 22.1. The van der Waals surface area contributed by atoms with Crippen LogP contribution in [0.2, 0.25) is 0 Å². The van der Waals surface area contributed by atoms with Crippen molar-refractivity contribution in [2.45, 2.75) is 62.6 Å². The summed E-state index contributed by atoms with van der Waals surface area (Å²) in [4.78, 5) is 31.1. The van der Waals surface area contributed by atoms with E-state index < -0.39 is 0 Å². The Balaban J connectivity index is 1.11. The van der Waals surface area contributed by atoms with Gasteiger partial charge in [0.25, 0.3) is 5.91 Å². The van der Waals surface area contributed by atoms with Gasteiger partial charge in [-0.25, -0.2) is 0 Å². The van der Waals surface area contributed by atoms with Gasteiger partial charge in [0.1, 0.15) is 5.25 Å². The molecule has 0 spiro atoms.